The Morgan fingerprint density at radius 2 is 1.95 bits per heavy atom. The maximum Gasteiger partial charge on any atom is 0.256 e. The Balaban J connectivity index is 1.56. The van der Waals surface area contributed by atoms with E-state index < -0.39 is 6.10 Å². The standard InChI is InChI=1S/C15H19ClN2O3/c16-13-4-2-1-3-12(13)14(19)15(20)18-9-11(10-18)17-5-7-21-8-6-17/h1-4,11,14,19H,5-10H2. The van der Waals surface area contributed by atoms with Crippen LogP contribution in [0.25, 0.3) is 0 Å². The van der Waals surface area contributed by atoms with Crippen molar-refractivity contribution in [2.24, 2.45) is 0 Å². The Morgan fingerprint density at radius 1 is 1.29 bits per heavy atom. The number of ether oxygens (including phenoxy) is 1. The van der Waals surface area contributed by atoms with Gasteiger partial charge in [-0.15, -0.1) is 0 Å². The number of aliphatic hydroxyl groups is 1. The van der Waals surface area contributed by atoms with Gasteiger partial charge in [0, 0.05) is 42.8 Å². The van der Waals surface area contributed by atoms with E-state index in [1.807, 2.05) is 0 Å². The van der Waals surface area contributed by atoms with Gasteiger partial charge in [-0.2, -0.15) is 0 Å². The minimum absolute atomic E-state index is 0.271. The highest BCUT2D eigenvalue weighted by Crippen LogP contribution is 2.26. The summed E-state index contributed by atoms with van der Waals surface area (Å²) in [7, 11) is 0. The number of aliphatic hydroxyl groups excluding tert-OH is 1. The van der Waals surface area contributed by atoms with Crippen molar-refractivity contribution < 1.29 is 14.6 Å². The van der Waals surface area contributed by atoms with Crippen molar-refractivity contribution in [3.05, 3.63) is 34.9 Å². The average Bonchev–Trinajstić information content (AvgIpc) is 2.46. The molecule has 1 atom stereocenters. The number of carbonyl (C=O) groups excluding carboxylic acids is 1. The number of hydrogen-bond donors (Lipinski definition) is 1. The van der Waals surface area contributed by atoms with Crippen molar-refractivity contribution in [2.75, 3.05) is 39.4 Å². The highest BCUT2D eigenvalue weighted by molar-refractivity contribution is 6.31. The fraction of sp³-hybridized carbons (Fsp3) is 0.533. The predicted molar refractivity (Wildman–Crippen MR) is 79.2 cm³/mol. The number of carbonyl (C=O) groups is 1. The summed E-state index contributed by atoms with van der Waals surface area (Å²) in [5.74, 6) is -0.271. The highest BCUT2D eigenvalue weighted by Gasteiger charge is 2.38. The third-order valence-electron chi connectivity index (χ3n) is 4.17. The maximum atomic E-state index is 12.3. The maximum absolute atomic E-state index is 12.3. The van der Waals surface area contributed by atoms with Crippen molar-refractivity contribution in [1.29, 1.82) is 0 Å². The zero-order chi connectivity index (χ0) is 14.8. The predicted octanol–water partition coefficient (Wildman–Crippen LogP) is 0.916. The van der Waals surface area contributed by atoms with Crippen LogP contribution in [-0.2, 0) is 9.53 Å². The van der Waals surface area contributed by atoms with Gasteiger partial charge in [-0.05, 0) is 6.07 Å². The number of halogens is 1. The van der Waals surface area contributed by atoms with E-state index in [1.54, 1.807) is 29.2 Å². The fourth-order valence-corrected chi connectivity index (χ4v) is 3.05. The van der Waals surface area contributed by atoms with Gasteiger partial charge in [0.1, 0.15) is 0 Å². The van der Waals surface area contributed by atoms with Crippen molar-refractivity contribution in [3.8, 4) is 0 Å². The smallest absolute Gasteiger partial charge is 0.256 e. The lowest BCUT2D eigenvalue weighted by Gasteiger charge is -2.47. The topological polar surface area (TPSA) is 53.0 Å². The normalized spacial score (nSPS) is 21.9. The molecule has 1 amide bonds. The first kappa shape index (κ1) is 14.8. The number of likely N-dealkylation sites (tertiary alicyclic amines) is 1. The molecule has 0 aromatic heterocycles. The van der Waals surface area contributed by atoms with E-state index in [-0.39, 0.29) is 5.91 Å². The first-order valence-electron chi connectivity index (χ1n) is 7.20. The molecule has 1 aromatic rings. The molecule has 1 aromatic carbocycles. The van der Waals surface area contributed by atoms with E-state index in [2.05, 4.69) is 4.90 Å². The summed E-state index contributed by atoms with van der Waals surface area (Å²) in [6.07, 6.45) is -1.18. The Morgan fingerprint density at radius 3 is 2.62 bits per heavy atom. The van der Waals surface area contributed by atoms with Crippen LogP contribution in [0.1, 0.15) is 11.7 Å². The zero-order valence-corrected chi connectivity index (χ0v) is 12.5. The van der Waals surface area contributed by atoms with Gasteiger partial charge < -0.3 is 14.7 Å². The summed E-state index contributed by atoms with van der Waals surface area (Å²) >= 11 is 6.03. The molecule has 2 fully saturated rings. The molecule has 3 rings (SSSR count). The van der Waals surface area contributed by atoms with Crippen LogP contribution >= 0.6 is 11.6 Å². The summed E-state index contributed by atoms with van der Waals surface area (Å²) in [5, 5.41) is 10.6. The SMILES string of the molecule is O=C(C(O)c1ccccc1Cl)N1CC(N2CCOCC2)C1. The van der Waals surface area contributed by atoms with Gasteiger partial charge in [-0.25, -0.2) is 0 Å². The Bertz CT molecular complexity index is 513. The molecule has 0 radical (unpaired) electrons. The lowest BCUT2D eigenvalue weighted by atomic mass is 10.0. The summed E-state index contributed by atoms with van der Waals surface area (Å²) in [6, 6.07) is 7.30. The minimum Gasteiger partial charge on any atom is -0.379 e. The van der Waals surface area contributed by atoms with Gasteiger partial charge in [0.05, 0.1) is 13.2 Å². The van der Waals surface area contributed by atoms with E-state index >= 15 is 0 Å². The number of hydrogen-bond acceptors (Lipinski definition) is 4. The lowest BCUT2D eigenvalue weighted by Crippen LogP contribution is -2.63. The molecule has 2 aliphatic heterocycles. The number of rotatable bonds is 3. The number of benzene rings is 1. The van der Waals surface area contributed by atoms with Crippen LogP contribution < -0.4 is 0 Å². The molecule has 1 N–H and O–H groups in total. The fourth-order valence-electron chi connectivity index (χ4n) is 2.81. The first-order chi connectivity index (χ1) is 10.2. The molecule has 0 bridgehead atoms. The van der Waals surface area contributed by atoms with Crippen molar-refractivity contribution in [1.82, 2.24) is 9.80 Å². The molecular formula is C15H19ClN2O3. The minimum atomic E-state index is -1.18. The van der Waals surface area contributed by atoms with Crippen LogP contribution in [0.5, 0.6) is 0 Å². The molecule has 2 heterocycles. The van der Waals surface area contributed by atoms with Gasteiger partial charge in [-0.3, -0.25) is 9.69 Å². The molecule has 5 nitrogen and oxygen atoms in total. The van der Waals surface area contributed by atoms with Crippen LogP contribution in [0, 0.1) is 0 Å². The molecule has 1 unspecified atom stereocenters. The van der Waals surface area contributed by atoms with Crippen LogP contribution in [0.2, 0.25) is 5.02 Å². The van der Waals surface area contributed by atoms with Crippen molar-refractivity contribution >= 4 is 17.5 Å². The van der Waals surface area contributed by atoms with Crippen LogP contribution in [0.15, 0.2) is 24.3 Å². The lowest BCUT2D eigenvalue weighted by molar-refractivity contribution is -0.149. The second-order valence-electron chi connectivity index (χ2n) is 5.47. The Labute approximate surface area is 129 Å². The van der Waals surface area contributed by atoms with E-state index in [9.17, 15) is 9.90 Å². The average molecular weight is 311 g/mol. The third kappa shape index (κ3) is 3.06. The summed E-state index contributed by atoms with van der Waals surface area (Å²) < 4.78 is 5.33. The summed E-state index contributed by atoms with van der Waals surface area (Å²) in [4.78, 5) is 16.3. The van der Waals surface area contributed by atoms with Gasteiger partial charge in [0.2, 0.25) is 0 Å². The quantitative estimate of drug-likeness (QED) is 0.902. The zero-order valence-electron chi connectivity index (χ0n) is 11.7. The Kier molecular flexibility index (Phi) is 4.45. The van der Waals surface area contributed by atoms with Crippen LogP contribution in [-0.4, -0.2) is 66.2 Å². The molecule has 2 saturated heterocycles. The number of nitrogens with zero attached hydrogens (tertiary/aromatic N) is 2. The summed E-state index contributed by atoms with van der Waals surface area (Å²) in [5.41, 5.74) is 0.471. The molecule has 0 saturated carbocycles. The van der Waals surface area contributed by atoms with E-state index in [4.69, 9.17) is 16.3 Å². The van der Waals surface area contributed by atoms with Gasteiger partial charge >= 0.3 is 0 Å². The summed E-state index contributed by atoms with van der Waals surface area (Å²) in [6.45, 7) is 4.68. The molecule has 0 spiro atoms. The highest BCUT2D eigenvalue weighted by atomic mass is 35.5. The Hall–Kier alpha value is -1.14. The second-order valence-corrected chi connectivity index (χ2v) is 5.88. The van der Waals surface area contributed by atoms with Crippen molar-refractivity contribution in [3.63, 3.8) is 0 Å². The molecule has 6 heteroatoms. The number of morpholine rings is 1. The second kappa shape index (κ2) is 6.32. The van der Waals surface area contributed by atoms with E-state index in [0.29, 0.717) is 29.7 Å². The van der Waals surface area contributed by atoms with Crippen molar-refractivity contribution in [2.45, 2.75) is 12.1 Å². The molecule has 21 heavy (non-hydrogen) atoms. The first-order valence-corrected chi connectivity index (χ1v) is 7.57. The third-order valence-corrected chi connectivity index (χ3v) is 4.51. The monoisotopic (exact) mass is 310 g/mol. The van der Waals surface area contributed by atoms with Crippen LogP contribution in [0.3, 0.4) is 0 Å². The molecule has 0 aliphatic carbocycles. The van der Waals surface area contributed by atoms with Gasteiger partial charge in [0.15, 0.2) is 6.10 Å². The molecular weight excluding hydrogens is 292 g/mol. The van der Waals surface area contributed by atoms with E-state index in [0.717, 1.165) is 26.3 Å². The largest absolute Gasteiger partial charge is 0.379 e. The van der Waals surface area contributed by atoms with Gasteiger partial charge in [-0.1, -0.05) is 29.8 Å². The van der Waals surface area contributed by atoms with E-state index in [1.165, 1.54) is 0 Å². The van der Waals surface area contributed by atoms with Gasteiger partial charge in [0.25, 0.3) is 5.91 Å². The molecule has 114 valence electrons. The molecule has 2 aliphatic rings. The number of amides is 1. The van der Waals surface area contributed by atoms with Crippen LogP contribution in [0.4, 0.5) is 0 Å².